The number of ether oxygens (including phenoxy) is 1. The van der Waals surface area contributed by atoms with Crippen LogP contribution in [0, 0.1) is 17.8 Å². The van der Waals surface area contributed by atoms with Crippen molar-refractivity contribution in [3.63, 3.8) is 0 Å². The second-order valence-electron chi connectivity index (χ2n) is 8.08. The number of aliphatic carboxylic acids is 1. The van der Waals surface area contributed by atoms with Crippen LogP contribution in [0.3, 0.4) is 0 Å². The van der Waals surface area contributed by atoms with Gasteiger partial charge < -0.3 is 20.5 Å². The largest absolute Gasteiger partial charge is 0.481 e. The molecule has 0 aromatic heterocycles. The van der Waals surface area contributed by atoms with Crippen LogP contribution >= 0.6 is 0 Å². The molecular formula is C26H28N2O5. The molecule has 3 atom stereocenters. The van der Waals surface area contributed by atoms with Gasteiger partial charge in [0.25, 0.3) is 0 Å². The lowest BCUT2D eigenvalue weighted by Gasteiger charge is -2.22. The molecule has 2 aromatic carbocycles. The lowest BCUT2D eigenvalue weighted by molar-refractivity contribution is -0.142. The Hall–Kier alpha value is -3.79. The summed E-state index contributed by atoms with van der Waals surface area (Å²) in [6, 6.07) is 14.5. The van der Waals surface area contributed by atoms with Crippen LogP contribution < -0.4 is 10.6 Å². The highest BCUT2D eigenvalue weighted by atomic mass is 16.5. The topological polar surface area (TPSA) is 105 Å². The van der Waals surface area contributed by atoms with Crippen LogP contribution in [0.1, 0.15) is 44.2 Å². The number of benzene rings is 2. The van der Waals surface area contributed by atoms with Crippen LogP contribution in [-0.2, 0) is 14.3 Å². The molecule has 2 aromatic rings. The lowest BCUT2D eigenvalue weighted by Crippen LogP contribution is -2.51. The van der Waals surface area contributed by atoms with Crippen molar-refractivity contribution in [1.82, 2.24) is 10.6 Å². The van der Waals surface area contributed by atoms with Crippen LogP contribution in [0.15, 0.2) is 48.5 Å². The summed E-state index contributed by atoms with van der Waals surface area (Å²) in [5.74, 6) is 3.09. The summed E-state index contributed by atoms with van der Waals surface area (Å²) in [7, 11) is 0. The summed E-state index contributed by atoms with van der Waals surface area (Å²) in [4.78, 5) is 36.4. The van der Waals surface area contributed by atoms with E-state index in [4.69, 9.17) is 9.84 Å². The van der Waals surface area contributed by atoms with Gasteiger partial charge in [-0.1, -0.05) is 48.5 Å². The van der Waals surface area contributed by atoms with E-state index in [1.54, 1.807) is 13.8 Å². The average molecular weight is 449 g/mol. The van der Waals surface area contributed by atoms with E-state index in [2.05, 4.69) is 34.6 Å². The third-order valence-corrected chi connectivity index (χ3v) is 5.94. The molecule has 7 nitrogen and oxygen atoms in total. The van der Waals surface area contributed by atoms with Crippen LogP contribution in [0.4, 0.5) is 4.79 Å². The van der Waals surface area contributed by atoms with E-state index in [0.717, 1.165) is 22.3 Å². The van der Waals surface area contributed by atoms with Crippen molar-refractivity contribution in [2.24, 2.45) is 5.92 Å². The van der Waals surface area contributed by atoms with Crippen molar-refractivity contribution < 1.29 is 24.2 Å². The van der Waals surface area contributed by atoms with E-state index in [1.807, 2.05) is 36.4 Å². The molecule has 3 N–H and O–H groups in total. The van der Waals surface area contributed by atoms with Crippen molar-refractivity contribution in [1.29, 1.82) is 0 Å². The number of carbonyl (C=O) groups excluding carboxylic acids is 2. The van der Waals surface area contributed by atoms with Gasteiger partial charge in [-0.2, -0.15) is 0 Å². The number of amides is 2. The van der Waals surface area contributed by atoms with Crippen LogP contribution in [0.5, 0.6) is 0 Å². The third-order valence-electron chi connectivity index (χ3n) is 5.94. The SMILES string of the molecule is CC#CCC(NC(=O)OCC1c2ccccc2-c2ccccc21)C(=O)NC(C)C(C)C(=O)O. The monoisotopic (exact) mass is 448 g/mol. The summed E-state index contributed by atoms with van der Waals surface area (Å²) in [5.41, 5.74) is 4.43. The summed E-state index contributed by atoms with van der Waals surface area (Å²) >= 11 is 0. The molecule has 172 valence electrons. The van der Waals surface area contributed by atoms with Crippen molar-refractivity contribution in [3.05, 3.63) is 59.7 Å². The summed E-state index contributed by atoms with van der Waals surface area (Å²) < 4.78 is 5.52. The van der Waals surface area contributed by atoms with Gasteiger partial charge in [0.2, 0.25) is 5.91 Å². The first kappa shape index (κ1) is 23.9. The highest BCUT2D eigenvalue weighted by molar-refractivity contribution is 5.86. The van der Waals surface area contributed by atoms with Crippen LogP contribution in [-0.4, -0.2) is 41.8 Å². The maximum absolute atomic E-state index is 12.7. The number of hydrogen-bond acceptors (Lipinski definition) is 4. The fourth-order valence-corrected chi connectivity index (χ4v) is 3.86. The molecule has 0 spiro atoms. The van der Waals surface area contributed by atoms with Gasteiger partial charge in [0.15, 0.2) is 0 Å². The first-order chi connectivity index (χ1) is 15.8. The first-order valence-corrected chi connectivity index (χ1v) is 10.9. The van der Waals surface area contributed by atoms with Crippen molar-refractivity contribution in [2.75, 3.05) is 6.61 Å². The standard InChI is InChI=1S/C26H28N2O5/c1-4-5-14-23(24(29)27-17(3)16(2)25(30)31)28-26(32)33-15-22-20-12-8-6-10-18(20)19-11-7-9-13-21(19)22/h6-13,16-17,22-23H,14-15H2,1-3H3,(H,27,29)(H,28,32)(H,30,31). The van der Waals surface area contributed by atoms with Gasteiger partial charge in [-0.25, -0.2) is 4.79 Å². The number of fused-ring (bicyclic) bond motifs is 3. The van der Waals surface area contributed by atoms with E-state index in [1.165, 1.54) is 6.92 Å². The normalized spacial score (nSPS) is 14.5. The van der Waals surface area contributed by atoms with E-state index in [0.29, 0.717) is 0 Å². The molecule has 7 heteroatoms. The molecule has 0 heterocycles. The number of rotatable bonds is 8. The smallest absolute Gasteiger partial charge is 0.407 e. The van der Waals surface area contributed by atoms with E-state index in [9.17, 15) is 14.4 Å². The quantitative estimate of drug-likeness (QED) is 0.536. The average Bonchev–Trinajstić information content (AvgIpc) is 3.13. The number of hydrogen-bond donors (Lipinski definition) is 3. The van der Waals surface area contributed by atoms with E-state index >= 15 is 0 Å². The number of carboxylic acids is 1. The van der Waals surface area contributed by atoms with Crippen molar-refractivity contribution >= 4 is 18.0 Å². The molecule has 3 unspecified atom stereocenters. The molecule has 0 fully saturated rings. The Labute approximate surface area is 193 Å². The number of alkyl carbamates (subject to hydrolysis) is 1. The second-order valence-corrected chi connectivity index (χ2v) is 8.08. The minimum atomic E-state index is -1.02. The molecule has 1 aliphatic rings. The number of nitrogens with one attached hydrogen (secondary N) is 2. The van der Waals surface area contributed by atoms with Gasteiger partial charge in [-0.3, -0.25) is 9.59 Å². The predicted molar refractivity (Wildman–Crippen MR) is 124 cm³/mol. The predicted octanol–water partition coefficient (Wildman–Crippen LogP) is 3.53. The zero-order chi connectivity index (χ0) is 24.0. The lowest BCUT2D eigenvalue weighted by atomic mass is 9.98. The van der Waals surface area contributed by atoms with Gasteiger partial charge in [0.05, 0.1) is 5.92 Å². The Morgan fingerprint density at radius 3 is 2.12 bits per heavy atom. The first-order valence-electron chi connectivity index (χ1n) is 10.9. The number of carbonyl (C=O) groups is 3. The molecule has 0 aliphatic heterocycles. The van der Waals surface area contributed by atoms with E-state index in [-0.39, 0.29) is 18.9 Å². The Morgan fingerprint density at radius 1 is 1.00 bits per heavy atom. The maximum Gasteiger partial charge on any atom is 0.407 e. The molecule has 0 radical (unpaired) electrons. The van der Waals surface area contributed by atoms with E-state index < -0.39 is 36.0 Å². The van der Waals surface area contributed by atoms with Gasteiger partial charge in [-0.15, -0.1) is 11.8 Å². The molecule has 33 heavy (non-hydrogen) atoms. The zero-order valence-electron chi connectivity index (χ0n) is 18.9. The molecule has 2 amide bonds. The molecule has 1 aliphatic carbocycles. The Kier molecular flexibility index (Phi) is 7.73. The fraction of sp³-hybridized carbons (Fsp3) is 0.346. The highest BCUT2D eigenvalue weighted by Gasteiger charge is 2.30. The molecule has 3 rings (SSSR count). The molecular weight excluding hydrogens is 420 g/mol. The minimum Gasteiger partial charge on any atom is -0.481 e. The van der Waals surface area contributed by atoms with Gasteiger partial charge >= 0.3 is 12.1 Å². The third kappa shape index (κ3) is 5.53. The van der Waals surface area contributed by atoms with Gasteiger partial charge in [0.1, 0.15) is 12.6 Å². The molecule has 0 bridgehead atoms. The molecule has 0 saturated heterocycles. The molecule has 0 saturated carbocycles. The van der Waals surface area contributed by atoms with Gasteiger partial charge in [0, 0.05) is 18.4 Å². The summed E-state index contributed by atoms with van der Waals surface area (Å²) in [5, 5.41) is 14.4. The highest BCUT2D eigenvalue weighted by Crippen LogP contribution is 2.44. The van der Waals surface area contributed by atoms with Crippen molar-refractivity contribution in [3.8, 4) is 23.0 Å². The Balaban J connectivity index is 1.65. The second kappa shape index (κ2) is 10.7. The Bertz CT molecular complexity index is 1060. The van der Waals surface area contributed by atoms with Crippen LogP contribution in [0.2, 0.25) is 0 Å². The minimum absolute atomic E-state index is 0.0840. The fourth-order valence-electron chi connectivity index (χ4n) is 3.86. The maximum atomic E-state index is 12.7. The summed E-state index contributed by atoms with van der Waals surface area (Å²) in [6.07, 6.45) is -0.644. The van der Waals surface area contributed by atoms with Gasteiger partial charge in [-0.05, 0) is 43.0 Å². The Morgan fingerprint density at radius 2 is 1.58 bits per heavy atom. The van der Waals surface area contributed by atoms with Crippen molar-refractivity contribution in [2.45, 2.75) is 45.2 Å². The van der Waals surface area contributed by atoms with Crippen LogP contribution in [0.25, 0.3) is 11.1 Å². The summed E-state index contributed by atoms with van der Waals surface area (Å²) in [6.45, 7) is 4.87. The number of carboxylic acid groups (broad SMARTS) is 1. The zero-order valence-corrected chi connectivity index (χ0v) is 18.9.